The van der Waals surface area contributed by atoms with Crippen molar-refractivity contribution in [2.45, 2.75) is 45.1 Å². The molecule has 13 heteroatoms. The van der Waals surface area contributed by atoms with Gasteiger partial charge in [-0.2, -0.15) is 5.10 Å². The average molecular weight is 555 g/mol. The third-order valence-corrected chi connectivity index (χ3v) is 6.32. The first-order valence-electron chi connectivity index (χ1n) is 13.7. The molecule has 0 radical (unpaired) electrons. The number of aryl methyl sites for hydroxylation is 1. The first kappa shape index (κ1) is 29.2. The Morgan fingerprint density at radius 3 is 2.67 bits per heavy atom. The predicted octanol–water partition coefficient (Wildman–Crippen LogP) is 2.66. The molecule has 2 amide bonds. The minimum Gasteiger partial charge on any atom is -0.444 e. The zero-order valence-electron chi connectivity index (χ0n) is 22.6. The Kier molecular flexibility index (Phi) is 11.0. The van der Waals surface area contributed by atoms with Crippen molar-refractivity contribution in [1.82, 2.24) is 19.7 Å². The summed E-state index contributed by atoms with van der Waals surface area (Å²) in [6.07, 6.45) is 10.8. The van der Waals surface area contributed by atoms with Gasteiger partial charge in [-0.3, -0.25) is 14.3 Å². The van der Waals surface area contributed by atoms with E-state index in [1.54, 1.807) is 23.1 Å². The zero-order chi connectivity index (χ0) is 28.2. The second-order valence-corrected chi connectivity index (χ2v) is 9.69. The fourth-order valence-electron chi connectivity index (χ4n) is 3.97. The number of oxazole rings is 1. The Balaban J connectivity index is 1.24. The topological polar surface area (TPSA) is 185 Å². The van der Waals surface area contributed by atoms with Gasteiger partial charge < -0.3 is 36.0 Å². The van der Waals surface area contributed by atoms with Gasteiger partial charge in [0.05, 0.1) is 25.5 Å². The summed E-state index contributed by atoms with van der Waals surface area (Å²) < 4.78 is 17.9. The SMILES string of the molecule is NCCOCCOCCCCCCn1cc(NC(=O)c2coc(-c3ccnc(NCC4CC4)c3)n2)c(C(N)=O)n1. The maximum atomic E-state index is 12.9. The molecule has 0 saturated heterocycles. The molecule has 1 fully saturated rings. The molecule has 4 rings (SSSR count). The van der Waals surface area contributed by atoms with Gasteiger partial charge >= 0.3 is 0 Å². The summed E-state index contributed by atoms with van der Waals surface area (Å²) in [5.74, 6) is 0.458. The molecule has 40 heavy (non-hydrogen) atoms. The lowest BCUT2D eigenvalue weighted by Gasteiger charge is -2.05. The van der Waals surface area contributed by atoms with Crippen LogP contribution in [0.15, 0.2) is 35.2 Å². The van der Waals surface area contributed by atoms with Crippen LogP contribution in [0, 0.1) is 5.92 Å². The van der Waals surface area contributed by atoms with Gasteiger partial charge in [-0.05, 0) is 43.7 Å². The molecule has 0 atom stereocenters. The van der Waals surface area contributed by atoms with Crippen LogP contribution in [0.5, 0.6) is 0 Å². The fraction of sp³-hybridized carbons (Fsp3) is 0.519. The largest absolute Gasteiger partial charge is 0.444 e. The minimum atomic E-state index is -0.731. The van der Waals surface area contributed by atoms with Crippen molar-refractivity contribution in [3.63, 3.8) is 0 Å². The summed E-state index contributed by atoms with van der Waals surface area (Å²) in [6.45, 7) is 4.32. The highest BCUT2D eigenvalue weighted by molar-refractivity contribution is 6.07. The minimum absolute atomic E-state index is 0.0113. The molecular formula is C27H38N8O5. The number of hydrogen-bond acceptors (Lipinski definition) is 10. The van der Waals surface area contributed by atoms with Crippen molar-refractivity contribution >= 4 is 23.3 Å². The lowest BCUT2D eigenvalue weighted by molar-refractivity contribution is 0.0492. The second-order valence-electron chi connectivity index (χ2n) is 9.69. The molecule has 3 heterocycles. The number of nitrogens with two attached hydrogens (primary N) is 2. The van der Waals surface area contributed by atoms with Gasteiger partial charge in [0.2, 0.25) is 5.89 Å². The molecule has 1 saturated carbocycles. The number of rotatable bonds is 19. The Hall–Kier alpha value is -3.81. The Labute approximate surface area is 233 Å². The summed E-state index contributed by atoms with van der Waals surface area (Å²) in [5, 5.41) is 10.3. The smallest absolute Gasteiger partial charge is 0.277 e. The molecule has 0 bridgehead atoms. The van der Waals surface area contributed by atoms with Gasteiger partial charge in [-0.15, -0.1) is 0 Å². The first-order chi connectivity index (χ1) is 19.5. The second kappa shape index (κ2) is 15.1. The first-order valence-corrected chi connectivity index (χ1v) is 13.7. The number of ether oxygens (including phenoxy) is 2. The van der Waals surface area contributed by atoms with Gasteiger partial charge in [0.15, 0.2) is 11.4 Å². The summed E-state index contributed by atoms with van der Waals surface area (Å²) in [7, 11) is 0. The van der Waals surface area contributed by atoms with Crippen LogP contribution in [0.1, 0.15) is 59.5 Å². The van der Waals surface area contributed by atoms with Gasteiger partial charge in [0, 0.05) is 44.2 Å². The van der Waals surface area contributed by atoms with E-state index < -0.39 is 11.8 Å². The average Bonchev–Trinajstić information content (AvgIpc) is 3.48. The van der Waals surface area contributed by atoms with E-state index in [9.17, 15) is 9.59 Å². The molecule has 3 aromatic heterocycles. The van der Waals surface area contributed by atoms with Gasteiger partial charge in [0.1, 0.15) is 12.1 Å². The number of unbranched alkanes of at least 4 members (excludes halogenated alkanes) is 3. The normalized spacial score (nSPS) is 12.9. The van der Waals surface area contributed by atoms with Crippen LogP contribution in [0.4, 0.5) is 11.5 Å². The molecule has 13 nitrogen and oxygen atoms in total. The van der Waals surface area contributed by atoms with E-state index in [4.69, 9.17) is 25.4 Å². The van der Waals surface area contributed by atoms with E-state index in [1.807, 2.05) is 6.07 Å². The van der Waals surface area contributed by atoms with Crippen LogP contribution in [0.25, 0.3) is 11.5 Å². The van der Waals surface area contributed by atoms with E-state index in [1.165, 1.54) is 19.1 Å². The Bertz CT molecular complexity index is 1240. The number of anilines is 2. The van der Waals surface area contributed by atoms with Gasteiger partial charge in [-0.1, -0.05) is 12.8 Å². The number of nitrogens with one attached hydrogen (secondary N) is 2. The van der Waals surface area contributed by atoms with Crippen LogP contribution in [-0.4, -0.2) is 71.1 Å². The maximum absolute atomic E-state index is 12.9. The van der Waals surface area contributed by atoms with Crippen molar-refractivity contribution in [3.05, 3.63) is 42.2 Å². The summed E-state index contributed by atoms with van der Waals surface area (Å²) in [6, 6.07) is 3.59. The van der Waals surface area contributed by atoms with Crippen LogP contribution in [0.2, 0.25) is 0 Å². The maximum Gasteiger partial charge on any atom is 0.277 e. The number of aromatic nitrogens is 4. The molecule has 0 spiro atoms. The number of amides is 2. The molecule has 216 valence electrons. The molecule has 0 aliphatic heterocycles. The summed E-state index contributed by atoms with van der Waals surface area (Å²) in [5.41, 5.74) is 11.8. The van der Waals surface area contributed by atoms with E-state index >= 15 is 0 Å². The van der Waals surface area contributed by atoms with E-state index in [0.29, 0.717) is 51.0 Å². The number of pyridine rings is 1. The van der Waals surface area contributed by atoms with E-state index in [-0.39, 0.29) is 23.0 Å². The quantitative estimate of drug-likeness (QED) is 0.161. The predicted molar refractivity (Wildman–Crippen MR) is 149 cm³/mol. The highest BCUT2D eigenvalue weighted by Gasteiger charge is 2.22. The Morgan fingerprint density at radius 2 is 1.90 bits per heavy atom. The van der Waals surface area contributed by atoms with Gasteiger partial charge in [-0.25, -0.2) is 9.97 Å². The number of primary amides is 1. The lowest BCUT2D eigenvalue weighted by Crippen LogP contribution is -2.18. The molecule has 6 N–H and O–H groups in total. The molecule has 1 aliphatic rings. The van der Waals surface area contributed by atoms with Gasteiger partial charge in [0.25, 0.3) is 11.8 Å². The van der Waals surface area contributed by atoms with Crippen molar-refractivity contribution in [2.75, 3.05) is 50.2 Å². The molecule has 0 aromatic carbocycles. The summed E-state index contributed by atoms with van der Waals surface area (Å²) in [4.78, 5) is 33.5. The molecule has 0 unspecified atom stereocenters. The summed E-state index contributed by atoms with van der Waals surface area (Å²) >= 11 is 0. The monoisotopic (exact) mass is 554 g/mol. The zero-order valence-corrected chi connectivity index (χ0v) is 22.6. The van der Waals surface area contributed by atoms with Crippen molar-refractivity contribution < 1.29 is 23.5 Å². The van der Waals surface area contributed by atoms with Crippen LogP contribution in [0.3, 0.4) is 0 Å². The Morgan fingerprint density at radius 1 is 1.10 bits per heavy atom. The van der Waals surface area contributed by atoms with Crippen molar-refractivity contribution in [3.8, 4) is 11.5 Å². The molecular weight excluding hydrogens is 516 g/mol. The molecule has 1 aliphatic carbocycles. The lowest BCUT2D eigenvalue weighted by atomic mass is 10.2. The number of carbonyl (C=O) groups excluding carboxylic acids is 2. The van der Waals surface area contributed by atoms with Crippen LogP contribution < -0.4 is 22.1 Å². The third-order valence-electron chi connectivity index (χ3n) is 6.32. The molecule has 3 aromatic rings. The number of carbonyl (C=O) groups is 2. The van der Waals surface area contributed by atoms with E-state index in [2.05, 4.69) is 25.7 Å². The number of nitrogens with zero attached hydrogens (tertiary/aromatic N) is 4. The number of hydrogen-bond donors (Lipinski definition) is 4. The van der Waals surface area contributed by atoms with Crippen molar-refractivity contribution in [2.24, 2.45) is 17.4 Å². The highest BCUT2D eigenvalue weighted by atomic mass is 16.5. The third kappa shape index (κ3) is 9.14. The highest BCUT2D eigenvalue weighted by Crippen LogP contribution is 2.29. The van der Waals surface area contributed by atoms with Crippen LogP contribution in [-0.2, 0) is 16.0 Å². The van der Waals surface area contributed by atoms with Crippen LogP contribution >= 0.6 is 0 Å². The fourth-order valence-corrected chi connectivity index (χ4v) is 3.97. The standard InChI is InChI=1S/C27H38N8O5/c28-8-12-39-14-13-38-11-4-2-1-3-10-35-17-21(24(34-35)25(29)36)32-26(37)22-18-40-27(33-22)20-7-9-30-23(15-20)31-16-19-5-6-19/h7,9,15,17-19H,1-6,8,10-14,16,28H2,(H2,29,36)(H,30,31)(H,32,37). The van der Waals surface area contributed by atoms with E-state index in [0.717, 1.165) is 38.0 Å². The van der Waals surface area contributed by atoms with Crippen molar-refractivity contribution in [1.29, 1.82) is 0 Å².